The van der Waals surface area contributed by atoms with Gasteiger partial charge in [0.2, 0.25) is 0 Å². The molecule has 0 aromatic rings. The molecule has 7 nitrogen and oxygen atoms in total. The molecular formula is C45H80O7. The van der Waals surface area contributed by atoms with Crippen LogP contribution in [0.4, 0.5) is 0 Å². The Hall–Kier alpha value is -2.22. The number of aliphatic hydroxyl groups excluding tert-OH is 3. The average Bonchev–Trinajstić information content (AvgIpc) is 3.12. The van der Waals surface area contributed by atoms with E-state index in [0.29, 0.717) is 25.7 Å². The van der Waals surface area contributed by atoms with Crippen LogP contribution in [0.5, 0.6) is 0 Å². The topological polar surface area (TPSA) is 113 Å². The summed E-state index contributed by atoms with van der Waals surface area (Å²) in [5, 5.41) is 30.1. The Morgan fingerprint density at radius 3 is 1.48 bits per heavy atom. The number of hydrogen-bond acceptors (Lipinski definition) is 7. The van der Waals surface area contributed by atoms with Crippen molar-refractivity contribution in [3.8, 4) is 0 Å². The summed E-state index contributed by atoms with van der Waals surface area (Å²) in [4.78, 5) is 24.0. The molecule has 0 amide bonds. The monoisotopic (exact) mass is 733 g/mol. The van der Waals surface area contributed by atoms with Crippen LogP contribution in [0.15, 0.2) is 48.6 Å². The molecule has 0 rings (SSSR count). The lowest BCUT2D eigenvalue weighted by atomic mass is 10.0. The van der Waals surface area contributed by atoms with Crippen molar-refractivity contribution in [2.24, 2.45) is 5.92 Å². The molecule has 52 heavy (non-hydrogen) atoms. The Bertz CT molecular complexity index is 923. The maximum absolute atomic E-state index is 12.0. The summed E-state index contributed by atoms with van der Waals surface area (Å²) in [5.74, 6) is 0.0540. The second-order valence-electron chi connectivity index (χ2n) is 15.0. The highest BCUT2D eigenvalue weighted by molar-refractivity contribution is 5.69. The number of ether oxygens (including phenoxy) is 2. The van der Waals surface area contributed by atoms with Crippen LogP contribution < -0.4 is 0 Å². The lowest BCUT2D eigenvalue weighted by molar-refractivity contribution is -0.152. The molecule has 7 heteroatoms. The van der Waals surface area contributed by atoms with Gasteiger partial charge in [0.15, 0.2) is 0 Å². The van der Waals surface area contributed by atoms with E-state index in [1.54, 1.807) is 36.5 Å². The molecule has 0 saturated heterocycles. The Morgan fingerprint density at radius 2 is 0.981 bits per heavy atom. The number of carbonyl (C=O) groups excluding carboxylic acids is 2. The zero-order valence-electron chi connectivity index (χ0n) is 33.7. The third-order valence-corrected chi connectivity index (χ3v) is 9.19. The van der Waals surface area contributed by atoms with Crippen molar-refractivity contribution in [2.75, 3.05) is 13.2 Å². The summed E-state index contributed by atoms with van der Waals surface area (Å²) in [5.41, 5.74) is 0. The Labute approximate surface area is 319 Å². The summed E-state index contributed by atoms with van der Waals surface area (Å²) >= 11 is 0. The second-order valence-corrected chi connectivity index (χ2v) is 15.0. The minimum Gasteiger partial charge on any atom is -0.463 e. The number of unbranched alkanes of at least 4 members (excludes halogenated alkanes) is 18. The molecule has 0 aliphatic heterocycles. The summed E-state index contributed by atoms with van der Waals surface area (Å²) < 4.78 is 10.2. The van der Waals surface area contributed by atoms with Gasteiger partial charge in [-0.15, -0.1) is 0 Å². The molecule has 3 atom stereocenters. The number of rotatable bonds is 37. The first-order chi connectivity index (χ1) is 25.2. The first-order valence-electron chi connectivity index (χ1n) is 21.3. The van der Waals surface area contributed by atoms with Crippen molar-refractivity contribution in [2.45, 2.75) is 206 Å². The van der Waals surface area contributed by atoms with Gasteiger partial charge in [0.25, 0.3) is 0 Å². The van der Waals surface area contributed by atoms with Crippen molar-refractivity contribution in [3.05, 3.63) is 48.6 Å². The van der Waals surface area contributed by atoms with E-state index >= 15 is 0 Å². The molecular weight excluding hydrogens is 652 g/mol. The highest BCUT2D eigenvalue weighted by Crippen LogP contribution is 2.15. The van der Waals surface area contributed by atoms with E-state index < -0.39 is 24.3 Å². The van der Waals surface area contributed by atoms with Gasteiger partial charge in [0.05, 0.1) is 12.2 Å². The Kier molecular flexibility index (Phi) is 36.9. The van der Waals surface area contributed by atoms with Crippen molar-refractivity contribution >= 4 is 11.9 Å². The van der Waals surface area contributed by atoms with Crippen molar-refractivity contribution in [1.29, 1.82) is 0 Å². The van der Waals surface area contributed by atoms with Crippen molar-refractivity contribution in [3.63, 3.8) is 0 Å². The number of hydrogen-bond donors (Lipinski definition) is 3. The van der Waals surface area contributed by atoms with Gasteiger partial charge in [-0.05, 0) is 44.4 Å². The number of carbonyl (C=O) groups is 2. The SMILES string of the molecule is CCCCC/C=C\C[C@@H](O)/C=C/C=C/C=C\[C@@H](O)CCCC(=O)OC[C@H](O)COC(=O)CCCCCCCCCCCCCCCCCCC(C)C. The fourth-order valence-corrected chi connectivity index (χ4v) is 5.88. The van der Waals surface area contributed by atoms with Crippen molar-refractivity contribution < 1.29 is 34.4 Å². The molecule has 0 unspecified atom stereocenters. The maximum Gasteiger partial charge on any atom is 0.305 e. The molecule has 0 radical (unpaired) electrons. The third-order valence-electron chi connectivity index (χ3n) is 9.19. The first-order valence-corrected chi connectivity index (χ1v) is 21.3. The molecule has 0 spiro atoms. The van der Waals surface area contributed by atoms with Crippen LogP contribution >= 0.6 is 0 Å². The zero-order chi connectivity index (χ0) is 38.3. The van der Waals surface area contributed by atoms with Gasteiger partial charge >= 0.3 is 11.9 Å². The van der Waals surface area contributed by atoms with Gasteiger partial charge in [0, 0.05) is 12.8 Å². The van der Waals surface area contributed by atoms with E-state index in [4.69, 9.17) is 9.47 Å². The molecule has 3 N–H and O–H groups in total. The molecule has 0 heterocycles. The highest BCUT2D eigenvalue weighted by atomic mass is 16.6. The predicted molar refractivity (Wildman–Crippen MR) is 217 cm³/mol. The smallest absolute Gasteiger partial charge is 0.305 e. The van der Waals surface area contributed by atoms with E-state index in [-0.39, 0.29) is 25.6 Å². The van der Waals surface area contributed by atoms with Crippen LogP contribution in [0, 0.1) is 5.92 Å². The largest absolute Gasteiger partial charge is 0.463 e. The minimum absolute atomic E-state index is 0.125. The van der Waals surface area contributed by atoms with Gasteiger partial charge in [-0.25, -0.2) is 0 Å². The van der Waals surface area contributed by atoms with Crippen LogP contribution in [-0.4, -0.2) is 58.8 Å². The Morgan fingerprint density at radius 1 is 0.519 bits per heavy atom. The van der Waals surface area contributed by atoms with Gasteiger partial charge in [-0.1, -0.05) is 185 Å². The maximum atomic E-state index is 12.0. The zero-order valence-corrected chi connectivity index (χ0v) is 33.7. The van der Waals surface area contributed by atoms with E-state index in [1.807, 2.05) is 6.08 Å². The van der Waals surface area contributed by atoms with E-state index in [2.05, 4.69) is 26.8 Å². The third kappa shape index (κ3) is 39.0. The standard InChI is InChI=1S/C45H80O7/c1-4-5-6-7-21-26-32-41(46)33-27-23-24-28-34-42(47)35-30-37-45(50)52-39-43(48)38-51-44(49)36-29-22-19-17-15-13-11-9-8-10-12-14-16-18-20-25-31-40(2)3/h21,23-24,26-28,33-34,40-43,46-48H,4-20,22,25,29-32,35-39H2,1-3H3/b24-23+,26-21-,33-27+,34-28-/t41-,42-,43-/m1/s1. The van der Waals surface area contributed by atoms with Gasteiger partial charge < -0.3 is 24.8 Å². The first kappa shape index (κ1) is 49.8. The molecule has 302 valence electrons. The fraction of sp³-hybridized carbons (Fsp3) is 0.778. The highest BCUT2D eigenvalue weighted by Gasteiger charge is 2.12. The van der Waals surface area contributed by atoms with Gasteiger partial charge in [0.1, 0.15) is 19.3 Å². The fourth-order valence-electron chi connectivity index (χ4n) is 5.88. The van der Waals surface area contributed by atoms with E-state index in [1.165, 1.54) is 109 Å². The number of esters is 2. The lowest BCUT2D eigenvalue weighted by Gasteiger charge is -2.12. The van der Waals surface area contributed by atoms with Crippen LogP contribution in [0.3, 0.4) is 0 Å². The van der Waals surface area contributed by atoms with Crippen LogP contribution in [0.2, 0.25) is 0 Å². The molecule has 0 aromatic carbocycles. The summed E-state index contributed by atoms with van der Waals surface area (Å²) in [7, 11) is 0. The van der Waals surface area contributed by atoms with Crippen molar-refractivity contribution in [1.82, 2.24) is 0 Å². The molecule has 0 saturated carbocycles. The minimum atomic E-state index is -1.06. The van der Waals surface area contributed by atoms with Crippen LogP contribution in [-0.2, 0) is 19.1 Å². The number of allylic oxidation sites excluding steroid dienone is 5. The van der Waals surface area contributed by atoms with Gasteiger partial charge in [-0.2, -0.15) is 0 Å². The molecule has 0 aliphatic rings. The average molecular weight is 733 g/mol. The molecule has 0 bridgehead atoms. The predicted octanol–water partition coefficient (Wildman–Crippen LogP) is 11.2. The summed E-state index contributed by atoms with van der Waals surface area (Å²) in [6, 6.07) is 0. The Balaban J connectivity index is 3.64. The summed E-state index contributed by atoms with van der Waals surface area (Å²) in [6.07, 6.45) is 40.9. The molecule has 0 aromatic heterocycles. The van der Waals surface area contributed by atoms with Crippen LogP contribution in [0.25, 0.3) is 0 Å². The second kappa shape index (κ2) is 38.5. The lowest BCUT2D eigenvalue weighted by Crippen LogP contribution is -2.25. The van der Waals surface area contributed by atoms with E-state index in [0.717, 1.165) is 31.6 Å². The normalized spacial score (nSPS) is 14.0. The van der Waals surface area contributed by atoms with E-state index in [9.17, 15) is 24.9 Å². The quantitative estimate of drug-likeness (QED) is 0.0252. The molecule has 0 aliphatic carbocycles. The van der Waals surface area contributed by atoms with Gasteiger partial charge in [-0.3, -0.25) is 9.59 Å². The molecule has 0 fully saturated rings. The number of aliphatic hydroxyl groups is 3. The van der Waals surface area contributed by atoms with Crippen LogP contribution in [0.1, 0.15) is 188 Å². The summed E-state index contributed by atoms with van der Waals surface area (Å²) in [6.45, 7) is 6.39.